The summed E-state index contributed by atoms with van der Waals surface area (Å²) in [4.78, 5) is 26.1. The Hall–Kier alpha value is -4.54. The van der Waals surface area contributed by atoms with Crippen molar-refractivity contribution in [2.24, 2.45) is 17.3 Å². The van der Waals surface area contributed by atoms with Crippen LogP contribution in [0.4, 0.5) is 10.2 Å². The highest BCUT2D eigenvalue weighted by atomic mass is 35.5. The van der Waals surface area contributed by atoms with E-state index in [1.807, 2.05) is 30.3 Å². The van der Waals surface area contributed by atoms with Crippen molar-refractivity contribution in [1.29, 1.82) is 0 Å². The van der Waals surface area contributed by atoms with Crippen LogP contribution in [0, 0.1) is 17.3 Å². The molecule has 1 aliphatic heterocycles. The molecule has 0 bridgehead atoms. The molecule has 0 radical (unpaired) electrons. The monoisotopic (exact) mass is 766 g/mol. The van der Waals surface area contributed by atoms with Gasteiger partial charge in [-0.25, -0.2) is 13.9 Å². The molecule has 8 rings (SSSR count). The highest BCUT2D eigenvalue weighted by Gasteiger charge is 2.97. The first-order chi connectivity index (χ1) is 25.4. The van der Waals surface area contributed by atoms with Crippen LogP contribution in [-0.4, -0.2) is 76.3 Å². The number of rotatable bonds is 15. The largest absolute Gasteiger partial charge is 0.462 e. The molecular weight excluding hydrogens is 730 g/mol. The number of aromatic nitrogens is 8. The van der Waals surface area contributed by atoms with Gasteiger partial charge in [-0.1, -0.05) is 53.7 Å². The summed E-state index contributed by atoms with van der Waals surface area (Å²) >= 11 is 6.40. The molecule has 3 aliphatic rings. The standard InChI is InChI=1S/C34H37ClFN10O6P/c1-19(2)50-30(47)20(3)43-53(48,51-22-13-9-6-10-14-22)49-17-23-32(4)33(23,15-24-41-44-45-42-24)26-27(34(26,36)52-32)46-18-38-25-28(39-31(35)40-29(25)46)37-16-21-11-7-5-8-12-21/h5-14,18-20,23,26-27H,15-17H2,1-4H3,(H,43,48)(H,37,39,40)(H,41,42,44,45)/t20-,23-,26?,27-,32?,33?,34?,53?/m0/s1. The Kier molecular flexibility index (Phi) is 8.77. The van der Waals surface area contributed by atoms with Gasteiger partial charge in [-0.05, 0) is 57.0 Å². The highest BCUT2D eigenvalue weighted by molar-refractivity contribution is 7.52. The van der Waals surface area contributed by atoms with Crippen molar-refractivity contribution in [1.82, 2.24) is 45.2 Å². The van der Waals surface area contributed by atoms with Gasteiger partial charge in [0.15, 0.2) is 22.8 Å². The molecule has 2 aliphatic carbocycles. The van der Waals surface area contributed by atoms with Crippen molar-refractivity contribution >= 4 is 42.3 Å². The van der Waals surface area contributed by atoms with Crippen LogP contribution in [-0.2, 0) is 36.3 Å². The number of anilines is 1. The number of fused-ring (bicyclic) bond motifs is 4. The maximum Gasteiger partial charge on any atom is 0.459 e. The smallest absolute Gasteiger partial charge is 0.459 e. The zero-order valence-corrected chi connectivity index (χ0v) is 30.8. The molecule has 2 aromatic carbocycles. The maximum absolute atomic E-state index is 17.1. The van der Waals surface area contributed by atoms with E-state index >= 15 is 4.39 Å². The number of carbonyl (C=O) groups excluding carboxylic acids is 1. The van der Waals surface area contributed by atoms with E-state index in [1.165, 1.54) is 13.3 Å². The van der Waals surface area contributed by atoms with Gasteiger partial charge in [-0.15, -0.1) is 10.2 Å². The first kappa shape index (κ1) is 35.5. The third kappa shape index (κ3) is 6.13. The van der Waals surface area contributed by atoms with Crippen LogP contribution in [0.3, 0.4) is 0 Å². The number of para-hydroxylation sites is 1. The first-order valence-electron chi connectivity index (χ1n) is 17.1. The lowest BCUT2D eigenvalue weighted by molar-refractivity contribution is -0.149. The molecule has 0 amide bonds. The summed E-state index contributed by atoms with van der Waals surface area (Å²) in [7, 11) is -4.24. The fraction of sp³-hybridized carbons (Fsp3) is 0.441. The third-order valence-electron chi connectivity index (χ3n) is 10.4. The Balaban J connectivity index is 1.08. The van der Waals surface area contributed by atoms with Crippen LogP contribution < -0.4 is 14.9 Å². The average Bonchev–Trinajstić information content (AvgIpc) is 3.50. The van der Waals surface area contributed by atoms with E-state index in [0.717, 1.165) is 5.56 Å². The zero-order valence-electron chi connectivity index (χ0n) is 29.1. The topological polar surface area (TPSA) is 193 Å². The molecule has 5 unspecified atom stereocenters. The molecule has 0 spiro atoms. The number of imidazole rings is 1. The summed E-state index contributed by atoms with van der Waals surface area (Å²) in [5.74, 6) is -3.02. The Morgan fingerprint density at radius 3 is 2.57 bits per heavy atom. The molecule has 16 nitrogen and oxygen atoms in total. The minimum Gasteiger partial charge on any atom is -0.462 e. The van der Waals surface area contributed by atoms with Crippen molar-refractivity contribution in [2.75, 3.05) is 11.9 Å². The molecule has 3 aromatic heterocycles. The van der Waals surface area contributed by atoms with Crippen molar-refractivity contribution in [2.45, 2.75) is 70.3 Å². The summed E-state index contributed by atoms with van der Waals surface area (Å²) in [5, 5.41) is 20.5. The van der Waals surface area contributed by atoms with E-state index in [0.29, 0.717) is 29.4 Å². The summed E-state index contributed by atoms with van der Waals surface area (Å²) in [6.45, 7) is 6.98. The van der Waals surface area contributed by atoms with E-state index in [4.69, 9.17) is 30.1 Å². The fourth-order valence-electron chi connectivity index (χ4n) is 7.97. The Morgan fingerprint density at radius 1 is 1.13 bits per heavy atom. The highest BCUT2D eigenvalue weighted by Crippen LogP contribution is 2.88. The molecule has 3 N–H and O–H groups in total. The number of hydrogen-bond donors (Lipinski definition) is 3. The van der Waals surface area contributed by atoms with Crippen LogP contribution in [0.2, 0.25) is 5.28 Å². The van der Waals surface area contributed by atoms with Crippen LogP contribution >= 0.6 is 19.3 Å². The van der Waals surface area contributed by atoms with Gasteiger partial charge < -0.3 is 23.9 Å². The molecule has 19 heteroatoms. The predicted molar refractivity (Wildman–Crippen MR) is 188 cm³/mol. The molecular formula is C34H37ClFN10O6P. The Labute approximate surface area is 308 Å². The minimum atomic E-state index is -4.24. The minimum absolute atomic E-state index is 0.0355. The quantitative estimate of drug-likeness (QED) is 0.0713. The van der Waals surface area contributed by atoms with Crippen LogP contribution in [0.15, 0.2) is 67.0 Å². The van der Waals surface area contributed by atoms with E-state index in [9.17, 15) is 9.36 Å². The lowest BCUT2D eigenvalue weighted by atomic mass is 9.90. The number of tetrazole rings is 1. The number of aromatic amines is 1. The number of nitrogens with zero attached hydrogens (tertiary/aromatic N) is 7. The van der Waals surface area contributed by atoms with E-state index < -0.39 is 60.6 Å². The number of H-pyrrole nitrogens is 1. The normalized spacial score (nSPS) is 28.5. The van der Waals surface area contributed by atoms with Gasteiger partial charge in [0.1, 0.15) is 17.8 Å². The van der Waals surface area contributed by atoms with Gasteiger partial charge in [-0.2, -0.15) is 20.3 Å². The van der Waals surface area contributed by atoms with Crippen molar-refractivity contribution in [3.63, 3.8) is 0 Å². The van der Waals surface area contributed by atoms with Crippen LogP contribution in [0.1, 0.15) is 45.1 Å². The number of carbonyl (C=O) groups is 1. The molecule has 1 saturated heterocycles. The molecule has 4 heterocycles. The lowest BCUT2D eigenvalue weighted by Gasteiger charge is -2.24. The van der Waals surface area contributed by atoms with Gasteiger partial charge in [0.2, 0.25) is 11.1 Å². The number of halogens is 2. The van der Waals surface area contributed by atoms with E-state index in [-0.39, 0.29) is 24.1 Å². The SMILES string of the molecule is CC(C)OC(=O)[C@H](C)NP(=O)(OC[C@H]1C2(C)OC3(F)C([C@@H]3n3cnc4c(NCc5ccccc5)nc(Cl)nc43)C12Cc1nn[nH]n1)Oc1ccccc1. The number of esters is 1. The lowest BCUT2D eigenvalue weighted by Crippen LogP contribution is -2.36. The summed E-state index contributed by atoms with van der Waals surface area (Å²) in [6.07, 6.45) is 1.28. The summed E-state index contributed by atoms with van der Waals surface area (Å²) in [5.41, 5.74) is -0.268. The maximum atomic E-state index is 17.1. The van der Waals surface area contributed by atoms with Gasteiger partial charge in [0, 0.05) is 24.3 Å². The molecule has 2 saturated carbocycles. The summed E-state index contributed by atoms with van der Waals surface area (Å²) in [6, 6.07) is 16.3. The number of ether oxygens (including phenoxy) is 2. The Morgan fingerprint density at radius 2 is 1.87 bits per heavy atom. The van der Waals surface area contributed by atoms with Crippen molar-refractivity contribution < 1.29 is 32.3 Å². The zero-order chi connectivity index (χ0) is 37.2. The molecule has 3 fully saturated rings. The number of alkyl halides is 1. The van der Waals surface area contributed by atoms with Gasteiger partial charge in [0.05, 0.1) is 30.6 Å². The van der Waals surface area contributed by atoms with Crippen molar-refractivity contribution in [3.8, 4) is 5.75 Å². The third-order valence-corrected chi connectivity index (χ3v) is 12.2. The summed E-state index contributed by atoms with van der Waals surface area (Å²) < 4.78 is 56.7. The van der Waals surface area contributed by atoms with Crippen LogP contribution in [0.5, 0.6) is 5.75 Å². The molecule has 53 heavy (non-hydrogen) atoms. The van der Waals surface area contributed by atoms with Crippen molar-refractivity contribution in [3.05, 3.63) is 83.7 Å². The van der Waals surface area contributed by atoms with Gasteiger partial charge in [0.25, 0.3) is 0 Å². The second-order valence-electron chi connectivity index (χ2n) is 14.0. The van der Waals surface area contributed by atoms with Gasteiger partial charge >= 0.3 is 13.7 Å². The molecule has 5 aromatic rings. The number of hydrogen-bond acceptors (Lipinski definition) is 13. The molecule has 8 atom stereocenters. The molecule has 278 valence electrons. The fourth-order valence-corrected chi connectivity index (χ4v) is 9.64. The Bertz CT molecular complexity index is 2180. The predicted octanol–water partition coefficient (Wildman–Crippen LogP) is 5.22. The van der Waals surface area contributed by atoms with E-state index in [2.05, 4.69) is 46.0 Å². The number of nitrogens with one attached hydrogen (secondary N) is 3. The second kappa shape index (κ2) is 13.1. The van der Waals surface area contributed by atoms with E-state index in [1.54, 1.807) is 55.7 Å². The second-order valence-corrected chi connectivity index (χ2v) is 16.0. The van der Waals surface area contributed by atoms with Gasteiger partial charge in [-0.3, -0.25) is 9.32 Å². The average molecular weight is 767 g/mol. The van der Waals surface area contributed by atoms with Crippen LogP contribution in [0.25, 0.3) is 11.2 Å². The number of benzene rings is 2. The first-order valence-corrected chi connectivity index (χ1v) is 19.1.